The van der Waals surface area contributed by atoms with Crippen molar-refractivity contribution < 1.29 is 17.9 Å². The first-order valence-electron chi connectivity index (χ1n) is 7.02. The second kappa shape index (κ2) is 5.58. The Hall–Kier alpha value is -2.54. The molecule has 1 aliphatic rings. The second-order valence-electron chi connectivity index (χ2n) is 5.40. The highest BCUT2D eigenvalue weighted by atomic mass is 32.2. The van der Waals surface area contributed by atoms with Gasteiger partial charge in [-0.3, -0.25) is 9.52 Å². The van der Waals surface area contributed by atoms with Gasteiger partial charge in [0.1, 0.15) is 5.75 Å². The molecule has 7 heteroatoms. The van der Waals surface area contributed by atoms with E-state index in [1.807, 2.05) is 13.8 Å². The summed E-state index contributed by atoms with van der Waals surface area (Å²) in [5.41, 5.74) is 2.83. The summed E-state index contributed by atoms with van der Waals surface area (Å²) in [5.74, 6) is 0.200. The van der Waals surface area contributed by atoms with Crippen LogP contribution < -0.4 is 14.8 Å². The number of carbonyl (C=O) groups is 1. The van der Waals surface area contributed by atoms with Crippen molar-refractivity contribution in [2.24, 2.45) is 0 Å². The third-order valence-electron chi connectivity index (χ3n) is 3.66. The molecular formula is C16H16N2O4S. The number of anilines is 2. The van der Waals surface area contributed by atoms with Crippen LogP contribution in [0, 0.1) is 13.8 Å². The number of aryl methyl sites for hydroxylation is 2. The van der Waals surface area contributed by atoms with E-state index < -0.39 is 10.0 Å². The monoisotopic (exact) mass is 332 g/mol. The number of benzene rings is 2. The van der Waals surface area contributed by atoms with Crippen LogP contribution >= 0.6 is 0 Å². The number of fused-ring (bicyclic) bond motifs is 1. The molecule has 6 nitrogen and oxygen atoms in total. The summed E-state index contributed by atoms with van der Waals surface area (Å²) in [4.78, 5) is 11.4. The van der Waals surface area contributed by atoms with Crippen molar-refractivity contribution in [3.05, 3.63) is 47.5 Å². The van der Waals surface area contributed by atoms with Crippen molar-refractivity contribution >= 4 is 27.3 Å². The Labute approximate surface area is 134 Å². The first-order valence-corrected chi connectivity index (χ1v) is 8.50. The third kappa shape index (κ3) is 3.14. The highest BCUT2D eigenvalue weighted by molar-refractivity contribution is 7.92. The van der Waals surface area contributed by atoms with Gasteiger partial charge in [-0.05, 0) is 49.2 Å². The van der Waals surface area contributed by atoms with Crippen molar-refractivity contribution in [1.82, 2.24) is 0 Å². The first kappa shape index (κ1) is 15.4. The fraction of sp³-hybridized carbons (Fsp3) is 0.188. The van der Waals surface area contributed by atoms with E-state index in [9.17, 15) is 13.2 Å². The zero-order chi connectivity index (χ0) is 16.6. The molecule has 2 aromatic rings. The Bertz CT molecular complexity index is 891. The molecule has 23 heavy (non-hydrogen) atoms. The summed E-state index contributed by atoms with van der Waals surface area (Å²) in [6.45, 7) is 3.71. The SMILES string of the molecule is Cc1ccc(S(=O)(=O)Nc2ccc3c(c2)OCC(=O)N3)cc1C. The minimum atomic E-state index is -3.68. The van der Waals surface area contributed by atoms with Crippen molar-refractivity contribution in [3.63, 3.8) is 0 Å². The number of nitrogens with one attached hydrogen (secondary N) is 2. The van der Waals surface area contributed by atoms with Crippen LogP contribution in [0.1, 0.15) is 11.1 Å². The minimum Gasteiger partial charge on any atom is -0.482 e. The third-order valence-corrected chi connectivity index (χ3v) is 5.03. The highest BCUT2D eigenvalue weighted by Crippen LogP contribution is 2.31. The molecule has 0 spiro atoms. The Morgan fingerprint density at radius 1 is 1.09 bits per heavy atom. The van der Waals surface area contributed by atoms with Crippen molar-refractivity contribution in [2.45, 2.75) is 18.7 Å². The summed E-state index contributed by atoms with van der Waals surface area (Å²) in [7, 11) is -3.68. The van der Waals surface area contributed by atoms with E-state index in [0.717, 1.165) is 11.1 Å². The van der Waals surface area contributed by atoms with Crippen molar-refractivity contribution in [2.75, 3.05) is 16.6 Å². The van der Waals surface area contributed by atoms with E-state index in [0.29, 0.717) is 17.1 Å². The first-order chi connectivity index (χ1) is 10.8. The van der Waals surface area contributed by atoms with Gasteiger partial charge in [-0.25, -0.2) is 8.42 Å². The smallest absolute Gasteiger partial charge is 0.262 e. The Balaban J connectivity index is 1.88. The van der Waals surface area contributed by atoms with E-state index in [-0.39, 0.29) is 17.4 Å². The van der Waals surface area contributed by atoms with Crippen molar-refractivity contribution in [1.29, 1.82) is 0 Å². The Kier molecular flexibility index (Phi) is 3.73. The second-order valence-corrected chi connectivity index (χ2v) is 7.08. The average molecular weight is 332 g/mol. The minimum absolute atomic E-state index is 0.0830. The molecule has 1 heterocycles. The molecule has 0 aromatic heterocycles. The van der Waals surface area contributed by atoms with Gasteiger partial charge in [-0.2, -0.15) is 0 Å². The molecule has 0 radical (unpaired) electrons. The lowest BCUT2D eigenvalue weighted by molar-refractivity contribution is -0.118. The van der Waals surface area contributed by atoms with E-state index in [4.69, 9.17) is 4.74 Å². The largest absolute Gasteiger partial charge is 0.482 e. The molecule has 2 aromatic carbocycles. The highest BCUT2D eigenvalue weighted by Gasteiger charge is 2.19. The van der Waals surface area contributed by atoms with Gasteiger partial charge in [0, 0.05) is 6.07 Å². The van der Waals surface area contributed by atoms with Crippen LogP contribution in [0.25, 0.3) is 0 Å². The van der Waals surface area contributed by atoms with E-state index in [1.54, 1.807) is 36.4 Å². The van der Waals surface area contributed by atoms with Gasteiger partial charge in [0.15, 0.2) is 6.61 Å². The molecule has 0 bridgehead atoms. The van der Waals surface area contributed by atoms with Crippen LogP contribution in [-0.2, 0) is 14.8 Å². The van der Waals surface area contributed by atoms with E-state index >= 15 is 0 Å². The quantitative estimate of drug-likeness (QED) is 0.904. The summed E-state index contributed by atoms with van der Waals surface area (Å²) in [5, 5.41) is 2.65. The van der Waals surface area contributed by atoms with Gasteiger partial charge in [-0.1, -0.05) is 6.07 Å². The lowest BCUT2D eigenvalue weighted by Gasteiger charge is -2.19. The molecule has 3 rings (SSSR count). The Morgan fingerprint density at radius 2 is 1.87 bits per heavy atom. The summed E-state index contributed by atoms with van der Waals surface area (Å²) in [6, 6.07) is 9.70. The van der Waals surface area contributed by atoms with Crippen LogP contribution in [0.4, 0.5) is 11.4 Å². The summed E-state index contributed by atoms with van der Waals surface area (Å²) >= 11 is 0. The maximum Gasteiger partial charge on any atom is 0.262 e. The maximum atomic E-state index is 12.5. The van der Waals surface area contributed by atoms with Crippen molar-refractivity contribution in [3.8, 4) is 5.75 Å². The van der Waals surface area contributed by atoms with Crippen LogP contribution in [0.5, 0.6) is 5.75 Å². The van der Waals surface area contributed by atoms with Gasteiger partial charge in [0.25, 0.3) is 15.9 Å². The molecule has 0 fully saturated rings. The molecule has 120 valence electrons. The molecule has 0 unspecified atom stereocenters. The lowest BCUT2D eigenvalue weighted by atomic mass is 10.1. The molecule has 0 saturated carbocycles. The number of carbonyl (C=O) groups excluding carboxylic acids is 1. The van der Waals surface area contributed by atoms with E-state index in [2.05, 4.69) is 10.0 Å². The predicted octanol–water partition coefficient (Wildman–Crippen LogP) is 2.44. The molecule has 2 N–H and O–H groups in total. The number of hydrogen-bond acceptors (Lipinski definition) is 4. The fourth-order valence-corrected chi connectivity index (χ4v) is 3.37. The normalized spacial score (nSPS) is 13.7. The summed E-state index contributed by atoms with van der Waals surface area (Å²) in [6.07, 6.45) is 0. The molecule has 0 aliphatic carbocycles. The molecule has 1 aliphatic heterocycles. The number of ether oxygens (including phenoxy) is 1. The summed E-state index contributed by atoms with van der Waals surface area (Å²) < 4.78 is 32.7. The van der Waals surface area contributed by atoms with Gasteiger partial charge >= 0.3 is 0 Å². The Morgan fingerprint density at radius 3 is 2.61 bits per heavy atom. The average Bonchev–Trinajstić information content (AvgIpc) is 2.49. The maximum absolute atomic E-state index is 12.5. The van der Waals surface area contributed by atoms with Crippen LogP contribution in [0.2, 0.25) is 0 Å². The fourth-order valence-electron chi connectivity index (χ4n) is 2.23. The zero-order valence-corrected chi connectivity index (χ0v) is 13.5. The standard InChI is InChI=1S/C16H16N2O4S/c1-10-3-5-13(7-11(10)2)23(20,21)18-12-4-6-14-15(8-12)22-9-16(19)17-14/h3-8,18H,9H2,1-2H3,(H,17,19). The number of rotatable bonds is 3. The zero-order valence-electron chi connectivity index (χ0n) is 12.7. The van der Waals surface area contributed by atoms with Crippen LogP contribution in [0.15, 0.2) is 41.3 Å². The topological polar surface area (TPSA) is 84.5 Å². The van der Waals surface area contributed by atoms with Crippen LogP contribution in [0.3, 0.4) is 0 Å². The van der Waals surface area contributed by atoms with Gasteiger partial charge < -0.3 is 10.1 Å². The molecule has 1 amide bonds. The van der Waals surface area contributed by atoms with Crippen LogP contribution in [-0.4, -0.2) is 20.9 Å². The van der Waals surface area contributed by atoms with E-state index in [1.165, 1.54) is 0 Å². The molecule has 0 atom stereocenters. The molecular weight excluding hydrogens is 316 g/mol. The number of sulfonamides is 1. The van der Waals surface area contributed by atoms with Gasteiger partial charge in [-0.15, -0.1) is 0 Å². The molecule has 0 saturated heterocycles. The van der Waals surface area contributed by atoms with Gasteiger partial charge in [0.05, 0.1) is 16.3 Å². The predicted molar refractivity (Wildman–Crippen MR) is 87.3 cm³/mol. The van der Waals surface area contributed by atoms with Gasteiger partial charge in [0.2, 0.25) is 0 Å². The number of hydrogen-bond donors (Lipinski definition) is 2. The number of amides is 1. The lowest BCUT2D eigenvalue weighted by Crippen LogP contribution is -2.25.